The van der Waals surface area contributed by atoms with Gasteiger partial charge in [-0.05, 0) is 25.8 Å². The first-order valence-corrected chi connectivity index (χ1v) is 5.33. The molecule has 15 heavy (non-hydrogen) atoms. The third-order valence-corrected chi connectivity index (χ3v) is 3.52. The Labute approximate surface area is 90.3 Å². The van der Waals surface area contributed by atoms with Gasteiger partial charge in [0.2, 0.25) is 0 Å². The van der Waals surface area contributed by atoms with Gasteiger partial charge in [0, 0.05) is 0 Å². The van der Waals surface area contributed by atoms with Crippen LogP contribution in [0.5, 0.6) is 0 Å². The summed E-state index contributed by atoms with van der Waals surface area (Å²) in [7, 11) is 0. The van der Waals surface area contributed by atoms with Crippen molar-refractivity contribution in [1.29, 1.82) is 0 Å². The summed E-state index contributed by atoms with van der Waals surface area (Å²) in [4.78, 5) is 11.8. The van der Waals surface area contributed by atoms with Crippen LogP contribution in [0.15, 0.2) is 30.3 Å². The quantitative estimate of drug-likeness (QED) is 0.692. The van der Waals surface area contributed by atoms with Crippen molar-refractivity contribution in [3.8, 4) is 0 Å². The second-order valence-corrected chi connectivity index (χ2v) is 4.52. The average Bonchev–Trinajstić information content (AvgIpc) is 2.19. The largest absolute Gasteiger partial charge is 0.457 e. The molecule has 1 atom stereocenters. The van der Waals surface area contributed by atoms with Crippen LogP contribution in [-0.2, 0) is 14.9 Å². The van der Waals surface area contributed by atoms with Gasteiger partial charge in [-0.3, -0.25) is 4.79 Å². The summed E-state index contributed by atoms with van der Waals surface area (Å²) >= 11 is 0. The van der Waals surface area contributed by atoms with Gasteiger partial charge < -0.3 is 4.74 Å². The number of carbonyl (C=O) groups excluding carboxylic acids is 1. The summed E-state index contributed by atoms with van der Waals surface area (Å²) in [5.41, 5.74) is 0.225. The van der Waals surface area contributed by atoms with Crippen LogP contribution < -0.4 is 0 Å². The molecule has 0 radical (unpaired) electrons. The van der Waals surface area contributed by atoms with Crippen LogP contribution in [-0.4, -0.2) is 11.6 Å². The molecule has 1 unspecified atom stereocenters. The van der Waals surface area contributed by atoms with E-state index in [1.165, 1.54) is 0 Å². The average molecular weight is 204 g/mol. The summed E-state index contributed by atoms with van der Waals surface area (Å²) in [6.45, 7) is 5.99. The van der Waals surface area contributed by atoms with Gasteiger partial charge in [-0.25, -0.2) is 0 Å². The van der Waals surface area contributed by atoms with Crippen LogP contribution in [0.25, 0.3) is 0 Å². The lowest BCUT2D eigenvalue weighted by molar-refractivity contribution is -0.214. The molecular weight excluding hydrogens is 188 g/mol. The summed E-state index contributed by atoms with van der Waals surface area (Å²) in [5.74, 6) is -0.0961. The van der Waals surface area contributed by atoms with E-state index < -0.39 is 5.41 Å². The maximum Gasteiger partial charge on any atom is 0.321 e. The maximum absolute atomic E-state index is 11.8. The number of cyclic esters (lactones) is 1. The van der Waals surface area contributed by atoms with Crippen molar-refractivity contribution in [3.63, 3.8) is 0 Å². The van der Waals surface area contributed by atoms with Gasteiger partial charge in [0.05, 0.1) is 0 Å². The molecule has 1 aromatic carbocycles. The minimum Gasteiger partial charge on any atom is -0.457 e. The van der Waals surface area contributed by atoms with Gasteiger partial charge in [0.1, 0.15) is 11.0 Å². The molecule has 1 fully saturated rings. The molecular formula is C13H16O2. The first kappa shape index (κ1) is 10.2. The molecule has 0 saturated carbocycles. The number of hydrogen-bond acceptors (Lipinski definition) is 2. The van der Waals surface area contributed by atoms with Gasteiger partial charge in [0.15, 0.2) is 0 Å². The zero-order chi connectivity index (χ0) is 11.1. The van der Waals surface area contributed by atoms with E-state index in [0.29, 0.717) is 0 Å². The molecule has 1 aliphatic rings. The summed E-state index contributed by atoms with van der Waals surface area (Å²) in [6.07, 6.45) is 0.781. The highest BCUT2D eigenvalue weighted by atomic mass is 16.6. The fourth-order valence-electron chi connectivity index (χ4n) is 2.57. The van der Waals surface area contributed by atoms with Crippen molar-refractivity contribution in [2.45, 2.75) is 38.2 Å². The van der Waals surface area contributed by atoms with E-state index in [4.69, 9.17) is 4.74 Å². The number of esters is 1. The van der Waals surface area contributed by atoms with Gasteiger partial charge in [-0.1, -0.05) is 37.3 Å². The Balaban J connectivity index is 2.51. The lowest BCUT2D eigenvalue weighted by Gasteiger charge is -2.53. The van der Waals surface area contributed by atoms with Crippen molar-refractivity contribution < 1.29 is 9.53 Å². The molecule has 0 amide bonds. The monoisotopic (exact) mass is 204 g/mol. The van der Waals surface area contributed by atoms with Crippen molar-refractivity contribution in [3.05, 3.63) is 35.9 Å². The zero-order valence-corrected chi connectivity index (χ0v) is 9.41. The van der Waals surface area contributed by atoms with Crippen LogP contribution in [0.1, 0.15) is 32.8 Å². The standard InChI is InChI=1S/C13H16O2/c1-4-13(10-8-6-5-7-9-10)11(14)15-12(13,2)3/h5-9H,4H2,1-3H3. The van der Waals surface area contributed by atoms with E-state index >= 15 is 0 Å². The van der Waals surface area contributed by atoms with Crippen molar-refractivity contribution >= 4 is 5.97 Å². The minimum atomic E-state index is -0.450. The number of ether oxygens (including phenoxy) is 1. The molecule has 0 aliphatic carbocycles. The van der Waals surface area contributed by atoms with Gasteiger partial charge in [-0.2, -0.15) is 0 Å². The number of hydrogen-bond donors (Lipinski definition) is 0. The zero-order valence-electron chi connectivity index (χ0n) is 9.41. The first-order valence-electron chi connectivity index (χ1n) is 5.33. The van der Waals surface area contributed by atoms with Crippen LogP contribution >= 0.6 is 0 Å². The second kappa shape index (κ2) is 3.09. The van der Waals surface area contributed by atoms with Crippen LogP contribution in [0.2, 0.25) is 0 Å². The first-order chi connectivity index (χ1) is 7.04. The van der Waals surface area contributed by atoms with E-state index in [-0.39, 0.29) is 11.6 Å². The second-order valence-electron chi connectivity index (χ2n) is 4.52. The molecule has 0 bridgehead atoms. The summed E-state index contributed by atoms with van der Waals surface area (Å²) < 4.78 is 5.25. The van der Waals surface area contributed by atoms with E-state index in [1.807, 2.05) is 51.1 Å². The lowest BCUT2D eigenvalue weighted by Crippen LogP contribution is -2.66. The third kappa shape index (κ3) is 1.14. The normalized spacial score (nSPS) is 28.1. The van der Waals surface area contributed by atoms with Crippen molar-refractivity contribution in [2.24, 2.45) is 0 Å². The molecule has 1 heterocycles. The molecule has 0 N–H and O–H groups in total. The Kier molecular flexibility index (Phi) is 2.10. The van der Waals surface area contributed by atoms with Crippen LogP contribution in [0.4, 0.5) is 0 Å². The molecule has 2 nitrogen and oxygen atoms in total. The number of benzene rings is 1. The van der Waals surface area contributed by atoms with E-state index in [2.05, 4.69) is 0 Å². The minimum absolute atomic E-state index is 0.0961. The van der Waals surface area contributed by atoms with E-state index in [9.17, 15) is 4.79 Å². The molecule has 1 aliphatic heterocycles. The lowest BCUT2D eigenvalue weighted by atomic mass is 9.63. The molecule has 0 aromatic heterocycles. The van der Waals surface area contributed by atoms with Gasteiger partial charge >= 0.3 is 5.97 Å². The van der Waals surface area contributed by atoms with Gasteiger partial charge in [-0.15, -0.1) is 0 Å². The maximum atomic E-state index is 11.8. The highest BCUT2D eigenvalue weighted by molar-refractivity contribution is 5.91. The molecule has 0 spiro atoms. The van der Waals surface area contributed by atoms with Crippen LogP contribution in [0.3, 0.4) is 0 Å². The fourth-order valence-corrected chi connectivity index (χ4v) is 2.57. The van der Waals surface area contributed by atoms with E-state index in [1.54, 1.807) is 0 Å². The topological polar surface area (TPSA) is 26.3 Å². The number of carbonyl (C=O) groups is 1. The molecule has 2 rings (SSSR count). The molecule has 80 valence electrons. The smallest absolute Gasteiger partial charge is 0.321 e. The van der Waals surface area contributed by atoms with Crippen molar-refractivity contribution in [2.75, 3.05) is 0 Å². The SMILES string of the molecule is CCC1(c2ccccc2)C(=O)OC1(C)C. The number of rotatable bonds is 2. The highest BCUT2D eigenvalue weighted by Crippen LogP contribution is 2.50. The highest BCUT2D eigenvalue weighted by Gasteiger charge is 2.63. The van der Waals surface area contributed by atoms with Crippen molar-refractivity contribution in [1.82, 2.24) is 0 Å². The Morgan fingerprint density at radius 2 is 1.80 bits per heavy atom. The predicted molar refractivity (Wildman–Crippen MR) is 58.6 cm³/mol. The van der Waals surface area contributed by atoms with Gasteiger partial charge in [0.25, 0.3) is 0 Å². The summed E-state index contributed by atoms with van der Waals surface area (Å²) in [6, 6.07) is 9.91. The third-order valence-electron chi connectivity index (χ3n) is 3.52. The molecule has 1 aromatic rings. The Bertz CT molecular complexity index is 381. The molecule has 2 heteroatoms. The predicted octanol–water partition coefficient (Wildman–Crippen LogP) is 2.67. The Hall–Kier alpha value is -1.31. The van der Waals surface area contributed by atoms with E-state index in [0.717, 1.165) is 12.0 Å². The fraction of sp³-hybridized carbons (Fsp3) is 0.462. The Morgan fingerprint density at radius 1 is 1.20 bits per heavy atom. The summed E-state index contributed by atoms with van der Waals surface area (Å²) in [5, 5.41) is 0. The molecule has 1 saturated heterocycles. The Morgan fingerprint density at radius 3 is 2.20 bits per heavy atom. The van der Waals surface area contributed by atoms with Crippen LogP contribution in [0, 0.1) is 0 Å².